The second-order valence-corrected chi connectivity index (χ2v) is 6.93. The molecular formula is C21H15N3O4S. The molecule has 0 atom stereocenters. The number of nitrogens with zero attached hydrogens (tertiary/aromatic N) is 1. The molecule has 0 fully saturated rings. The summed E-state index contributed by atoms with van der Waals surface area (Å²) in [6, 6.07) is 18.8. The number of benzene rings is 2. The Morgan fingerprint density at radius 2 is 1.86 bits per heavy atom. The molecule has 2 aromatic carbocycles. The molecule has 144 valence electrons. The predicted octanol–water partition coefficient (Wildman–Crippen LogP) is 3.34. The van der Waals surface area contributed by atoms with Crippen molar-refractivity contribution in [3.63, 3.8) is 0 Å². The minimum Gasteiger partial charge on any atom is -0.481 e. The number of hydrogen-bond donors (Lipinski definition) is 3. The summed E-state index contributed by atoms with van der Waals surface area (Å²) in [4.78, 5) is 37.9. The summed E-state index contributed by atoms with van der Waals surface area (Å²) in [5.41, 5.74) is 1.52. The van der Waals surface area contributed by atoms with Gasteiger partial charge in [0.1, 0.15) is 6.07 Å². The van der Waals surface area contributed by atoms with Crippen LogP contribution in [0.1, 0.15) is 15.9 Å². The second kappa shape index (κ2) is 8.91. The highest BCUT2D eigenvalue weighted by molar-refractivity contribution is 7.99. The fraction of sp³-hybridized carbons (Fsp3) is 0.0476. The van der Waals surface area contributed by atoms with Gasteiger partial charge in [0.05, 0.1) is 16.3 Å². The summed E-state index contributed by atoms with van der Waals surface area (Å²) in [7, 11) is 0. The van der Waals surface area contributed by atoms with Crippen LogP contribution < -0.4 is 10.9 Å². The number of aromatic amines is 1. The number of pyridine rings is 1. The highest BCUT2D eigenvalue weighted by atomic mass is 32.2. The Balaban J connectivity index is 1.98. The lowest BCUT2D eigenvalue weighted by molar-refractivity contribution is -0.133. The number of aliphatic carboxylic acids is 1. The Hall–Kier alpha value is -3.83. The molecule has 0 bridgehead atoms. The van der Waals surface area contributed by atoms with Crippen molar-refractivity contribution in [2.75, 3.05) is 11.1 Å². The van der Waals surface area contributed by atoms with Crippen LogP contribution in [0.25, 0.3) is 11.1 Å². The van der Waals surface area contributed by atoms with Crippen LogP contribution in [0.4, 0.5) is 5.69 Å². The third kappa shape index (κ3) is 4.91. The van der Waals surface area contributed by atoms with Crippen LogP contribution in [0, 0.1) is 11.3 Å². The largest absolute Gasteiger partial charge is 0.481 e. The van der Waals surface area contributed by atoms with E-state index >= 15 is 0 Å². The van der Waals surface area contributed by atoms with Crippen molar-refractivity contribution in [1.29, 1.82) is 5.26 Å². The van der Waals surface area contributed by atoms with E-state index in [-0.39, 0.29) is 22.2 Å². The normalized spacial score (nSPS) is 10.2. The van der Waals surface area contributed by atoms with Crippen molar-refractivity contribution in [1.82, 2.24) is 4.98 Å². The van der Waals surface area contributed by atoms with Gasteiger partial charge in [-0.2, -0.15) is 5.26 Å². The number of para-hydroxylation sites is 1. The Morgan fingerprint density at radius 3 is 2.55 bits per heavy atom. The Kier molecular flexibility index (Phi) is 6.12. The zero-order chi connectivity index (χ0) is 20.8. The number of carboxylic acid groups (broad SMARTS) is 1. The van der Waals surface area contributed by atoms with E-state index in [1.807, 2.05) is 12.1 Å². The molecule has 0 unspecified atom stereocenters. The standard InChI is InChI=1S/C21H15N3O4S/c22-11-17-16(10-18(25)24-21(17)29-12-19(26)27)13-5-4-6-14(9-13)20(28)23-15-7-2-1-3-8-15/h1-10H,12H2,(H,23,28)(H,24,25)(H,26,27). The number of H-pyrrole nitrogens is 1. The quantitative estimate of drug-likeness (QED) is 0.541. The van der Waals surface area contributed by atoms with Gasteiger partial charge >= 0.3 is 5.97 Å². The molecule has 1 heterocycles. The topological polar surface area (TPSA) is 123 Å². The van der Waals surface area contributed by atoms with Gasteiger partial charge in [0.25, 0.3) is 5.91 Å². The fourth-order valence-electron chi connectivity index (χ4n) is 2.67. The lowest BCUT2D eigenvalue weighted by Gasteiger charge is -2.10. The maximum absolute atomic E-state index is 12.6. The lowest BCUT2D eigenvalue weighted by atomic mass is 10.00. The second-order valence-electron chi connectivity index (χ2n) is 5.95. The summed E-state index contributed by atoms with van der Waals surface area (Å²) in [5, 5.41) is 21.4. The molecule has 0 radical (unpaired) electrons. The molecule has 0 aliphatic rings. The van der Waals surface area contributed by atoms with E-state index in [1.54, 1.807) is 48.5 Å². The minimum atomic E-state index is -1.07. The van der Waals surface area contributed by atoms with Crippen molar-refractivity contribution in [2.45, 2.75) is 5.03 Å². The number of nitrogens with one attached hydrogen (secondary N) is 2. The van der Waals surface area contributed by atoms with Gasteiger partial charge in [-0.05, 0) is 29.8 Å². The average Bonchev–Trinajstić information content (AvgIpc) is 2.72. The molecular weight excluding hydrogens is 390 g/mol. The van der Waals surface area contributed by atoms with Crippen LogP contribution in [-0.2, 0) is 4.79 Å². The van der Waals surface area contributed by atoms with E-state index in [1.165, 1.54) is 6.07 Å². The number of carbonyl (C=O) groups excluding carboxylic acids is 1. The van der Waals surface area contributed by atoms with Gasteiger partial charge < -0.3 is 15.4 Å². The number of rotatable bonds is 6. The molecule has 3 aromatic rings. The molecule has 29 heavy (non-hydrogen) atoms. The number of hydrogen-bond acceptors (Lipinski definition) is 5. The Labute approximate surface area is 170 Å². The smallest absolute Gasteiger partial charge is 0.313 e. The van der Waals surface area contributed by atoms with Crippen molar-refractivity contribution in [3.8, 4) is 17.2 Å². The molecule has 1 amide bonds. The monoisotopic (exact) mass is 405 g/mol. The highest BCUT2D eigenvalue weighted by Gasteiger charge is 2.15. The molecule has 1 aromatic heterocycles. The molecule has 0 saturated carbocycles. The van der Waals surface area contributed by atoms with Gasteiger partial charge in [0.15, 0.2) is 0 Å². The zero-order valence-electron chi connectivity index (χ0n) is 15.0. The maximum Gasteiger partial charge on any atom is 0.313 e. The van der Waals surface area contributed by atoms with Gasteiger partial charge in [-0.3, -0.25) is 14.4 Å². The van der Waals surface area contributed by atoms with Crippen molar-refractivity contribution in [2.24, 2.45) is 0 Å². The van der Waals surface area contributed by atoms with Gasteiger partial charge in [0, 0.05) is 22.9 Å². The first kappa shape index (κ1) is 19.9. The van der Waals surface area contributed by atoms with E-state index in [4.69, 9.17) is 5.11 Å². The molecule has 7 nitrogen and oxygen atoms in total. The zero-order valence-corrected chi connectivity index (χ0v) is 15.8. The number of carbonyl (C=O) groups is 2. The molecule has 0 aliphatic carbocycles. The van der Waals surface area contributed by atoms with Crippen molar-refractivity contribution < 1.29 is 14.7 Å². The summed E-state index contributed by atoms with van der Waals surface area (Å²) >= 11 is 0.858. The lowest BCUT2D eigenvalue weighted by Crippen LogP contribution is -2.12. The molecule has 3 N–H and O–H groups in total. The Bertz CT molecular complexity index is 1170. The third-order valence-electron chi connectivity index (χ3n) is 3.93. The van der Waals surface area contributed by atoms with Gasteiger partial charge in [-0.1, -0.05) is 42.1 Å². The maximum atomic E-state index is 12.6. The molecule has 0 saturated heterocycles. The summed E-state index contributed by atoms with van der Waals surface area (Å²) in [5.74, 6) is -1.69. The number of thioether (sulfide) groups is 1. The van der Waals surface area contributed by atoms with E-state index < -0.39 is 11.5 Å². The first-order valence-corrected chi connectivity index (χ1v) is 9.45. The molecule has 0 spiro atoms. The van der Waals surface area contributed by atoms with Crippen LogP contribution >= 0.6 is 11.8 Å². The minimum absolute atomic E-state index is 0.150. The van der Waals surface area contributed by atoms with Crippen LogP contribution in [0.5, 0.6) is 0 Å². The van der Waals surface area contributed by atoms with Crippen molar-refractivity contribution in [3.05, 3.63) is 82.1 Å². The SMILES string of the molecule is N#Cc1c(-c2cccc(C(=O)Nc3ccccc3)c2)cc(=O)[nH]c1SCC(=O)O. The van der Waals surface area contributed by atoms with Gasteiger partial charge in [0.2, 0.25) is 5.56 Å². The summed E-state index contributed by atoms with van der Waals surface area (Å²) < 4.78 is 0. The highest BCUT2D eigenvalue weighted by Crippen LogP contribution is 2.29. The number of nitriles is 1. The van der Waals surface area contributed by atoms with Crippen LogP contribution in [0.2, 0.25) is 0 Å². The first-order valence-electron chi connectivity index (χ1n) is 8.47. The molecule has 3 rings (SSSR count). The first-order chi connectivity index (χ1) is 14.0. The summed E-state index contributed by atoms with van der Waals surface area (Å²) in [6.07, 6.45) is 0. The number of amides is 1. The molecule has 0 aliphatic heterocycles. The van der Waals surface area contributed by atoms with E-state index in [0.717, 1.165) is 11.8 Å². The van der Waals surface area contributed by atoms with E-state index in [0.29, 0.717) is 22.4 Å². The molecule has 8 heteroatoms. The van der Waals surface area contributed by atoms with Crippen LogP contribution in [0.3, 0.4) is 0 Å². The number of carboxylic acids is 1. The summed E-state index contributed by atoms with van der Waals surface area (Å²) in [6.45, 7) is 0. The average molecular weight is 405 g/mol. The van der Waals surface area contributed by atoms with Gasteiger partial charge in [-0.25, -0.2) is 0 Å². The van der Waals surface area contributed by atoms with Crippen LogP contribution in [0.15, 0.2) is 70.5 Å². The predicted molar refractivity (Wildman–Crippen MR) is 110 cm³/mol. The number of aromatic nitrogens is 1. The van der Waals surface area contributed by atoms with Crippen molar-refractivity contribution >= 4 is 29.3 Å². The Morgan fingerprint density at radius 1 is 1.10 bits per heavy atom. The third-order valence-corrected chi connectivity index (χ3v) is 4.91. The fourth-order valence-corrected chi connectivity index (χ4v) is 3.41. The van der Waals surface area contributed by atoms with Gasteiger partial charge in [-0.15, -0.1) is 0 Å². The van der Waals surface area contributed by atoms with E-state index in [2.05, 4.69) is 10.3 Å². The van der Waals surface area contributed by atoms with Crippen LogP contribution in [-0.4, -0.2) is 27.7 Å². The van der Waals surface area contributed by atoms with E-state index in [9.17, 15) is 19.6 Å². The number of anilines is 1.